The van der Waals surface area contributed by atoms with Gasteiger partial charge in [0.15, 0.2) is 0 Å². The molecule has 10 aromatic rings. The Balaban J connectivity index is 1.43. The Hall–Kier alpha value is -6.52. The van der Waals surface area contributed by atoms with Crippen LogP contribution in [0.2, 0.25) is 0 Å². The van der Waals surface area contributed by atoms with E-state index in [0.717, 1.165) is 15.7 Å². The fourth-order valence-electron chi connectivity index (χ4n) is 6.45. The van der Waals surface area contributed by atoms with E-state index in [-0.39, 0.29) is 49.6 Å². The molecule has 3 aromatic heterocycles. The maximum Gasteiger partial charge on any atom is 0.235 e. The number of aromatic nitrogens is 4. The van der Waals surface area contributed by atoms with Crippen LogP contribution in [0.1, 0.15) is 20.6 Å². The van der Waals surface area contributed by atoms with Crippen molar-refractivity contribution in [3.8, 4) is 34.0 Å². The highest BCUT2D eigenvalue weighted by Crippen LogP contribution is 2.42. The Morgan fingerprint density at radius 2 is 0.979 bits per heavy atom. The van der Waals surface area contributed by atoms with E-state index in [0.29, 0.717) is 22.2 Å². The summed E-state index contributed by atoms with van der Waals surface area (Å²) in [6, 6.07) is 14.4. The fourth-order valence-corrected chi connectivity index (χ4v) is 6.45. The summed E-state index contributed by atoms with van der Waals surface area (Å²) in [7, 11) is 0. The number of rotatable bonds is 4. The van der Waals surface area contributed by atoms with Crippen molar-refractivity contribution in [3.05, 3.63) is 169 Å². The lowest BCUT2D eigenvalue weighted by Gasteiger charge is -2.12. The van der Waals surface area contributed by atoms with Gasteiger partial charge >= 0.3 is 0 Å². The van der Waals surface area contributed by atoms with Crippen LogP contribution in [-0.4, -0.2) is 19.1 Å². The van der Waals surface area contributed by atoms with Gasteiger partial charge in [0, 0.05) is 38.2 Å². The van der Waals surface area contributed by atoms with E-state index < -0.39 is 96.3 Å². The van der Waals surface area contributed by atoms with Gasteiger partial charge in [-0.3, -0.25) is 4.57 Å². The molecule has 0 radical (unpaired) electrons. The molecule has 4 nitrogen and oxygen atoms in total. The Kier molecular flexibility index (Phi) is 3.47. The van der Waals surface area contributed by atoms with Crippen LogP contribution in [-0.2, 0) is 0 Å². The van der Waals surface area contributed by atoms with Crippen LogP contribution >= 0.6 is 0 Å². The Morgan fingerprint density at radius 1 is 0.417 bits per heavy atom. The highest BCUT2D eigenvalue weighted by atomic mass is 15.2. The predicted molar refractivity (Wildman–Crippen MR) is 199 cm³/mol. The molecule has 0 saturated heterocycles. The number of nitrogens with zero attached hydrogens (tertiary/aromatic N) is 4. The molecule has 0 bridgehead atoms. The van der Waals surface area contributed by atoms with Gasteiger partial charge in [-0.25, -0.2) is 9.97 Å². The zero-order valence-electron chi connectivity index (χ0n) is 39.8. The van der Waals surface area contributed by atoms with E-state index in [1.807, 2.05) is 66.7 Å². The molecule has 7 aromatic carbocycles. The van der Waals surface area contributed by atoms with E-state index in [1.165, 1.54) is 4.57 Å². The van der Waals surface area contributed by atoms with E-state index in [1.54, 1.807) is 12.1 Å². The van der Waals surface area contributed by atoms with E-state index in [2.05, 4.69) is 0 Å². The zero-order valence-corrected chi connectivity index (χ0v) is 24.8. The van der Waals surface area contributed by atoms with Crippen molar-refractivity contribution in [2.45, 2.75) is 0 Å². The summed E-state index contributed by atoms with van der Waals surface area (Å²) in [6.45, 7) is 0. The molecule has 0 saturated carbocycles. The van der Waals surface area contributed by atoms with Crippen molar-refractivity contribution >= 4 is 54.5 Å². The number of hydrogen-bond donors (Lipinski definition) is 0. The maximum atomic E-state index is 9.72. The second kappa shape index (κ2) is 10.5. The molecule has 3 heterocycles. The lowest BCUT2D eigenvalue weighted by molar-refractivity contribution is 1.01. The van der Waals surface area contributed by atoms with Crippen molar-refractivity contribution in [1.82, 2.24) is 19.1 Å². The van der Waals surface area contributed by atoms with Gasteiger partial charge in [0.05, 0.1) is 53.8 Å². The van der Waals surface area contributed by atoms with Crippen LogP contribution in [0.3, 0.4) is 0 Å². The topological polar surface area (TPSA) is 35.6 Å². The van der Waals surface area contributed by atoms with Crippen LogP contribution in [0.15, 0.2) is 169 Å². The number of fused-ring (bicyclic) bond motifs is 8. The molecule has 0 N–H and O–H groups in total. The lowest BCUT2D eigenvalue weighted by Crippen LogP contribution is -2.03. The molecule has 10 rings (SSSR count). The third-order valence-corrected chi connectivity index (χ3v) is 8.52. The quantitative estimate of drug-likeness (QED) is 0.195. The number of benzene rings is 7. The normalized spacial score (nSPS) is 16.1. The smallest absolute Gasteiger partial charge is 0.235 e. The van der Waals surface area contributed by atoms with Gasteiger partial charge in [-0.2, -0.15) is 0 Å². The van der Waals surface area contributed by atoms with Crippen LogP contribution in [0.4, 0.5) is 0 Å². The Morgan fingerprint density at radius 3 is 1.71 bits per heavy atom. The standard InChI is InChI=1S/C44H28N4/c1-3-13-29(14-4-1)30-23-25-31(26-24-30)43-33-17-7-10-20-36(33)45-44(46-43)48-38-22-12-9-19-35(38)42-40(48)28-27-39-41(42)34-18-8-11-21-37(34)47(39)32-15-5-2-6-16-32/h1-28H/i2D,5D,6D,8D,9D,11D,12D,15D,16D,18D,19D,21D,22D,27D,28D. The summed E-state index contributed by atoms with van der Waals surface area (Å²) < 4.78 is 137. The maximum absolute atomic E-state index is 9.72. The highest BCUT2D eigenvalue weighted by Gasteiger charge is 2.22. The summed E-state index contributed by atoms with van der Waals surface area (Å²) in [5, 5.41) is -0.117. The minimum Gasteiger partial charge on any atom is -0.309 e. The molecular weight excluding hydrogens is 585 g/mol. The van der Waals surface area contributed by atoms with Crippen LogP contribution in [0.5, 0.6) is 0 Å². The second-order valence-corrected chi connectivity index (χ2v) is 11.1. The van der Waals surface area contributed by atoms with Gasteiger partial charge in [0.2, 0.25) is 5.95 Å². The van der Waals surface area contributed by atoms with Crippen molar-refractivity contribution < 1.29 is 20.6 Å². The molecule has 0 aliphatic carbocycles. The molecule has 224 valence electrons. The van der Waals surface area contributed by atoms with E-state index in [4.69, 9.17) is 23.7 Å². The SMILES string of the molecule is [2H]c1c([2H])c([2H])c(-n2c3c([2H])c([2H])c([2H])c([2H])c3c3c4c5c([2H])c([2H])c([2H])c([2H])c5n(-c5nc(-c6ccc(-c7ccccc7)cc6)c6ccccc6n5)c4c([2H])c([2H])c32)c([2H])c1[2H]. The predicted octanol–water partition coefficient (Wildman–Crippen LogP) is 11.2. The fraction of sp³-hybridized carbons (Fsp3) is 0. The van der Waals surface area contributed by atoms with Crippen LogP contribution < -0.4 is 0 Å². The third-order valence-electron chi connectivity index (χ3n) is 8.52. The van der Waals surface area contributed by atoms with Gasteiger partial charge in [0.1, 0.15) is 0 Å². The second-order valence-electron chi connectivity index (χ2n) is 11.1. The first-order chi connectivity index (χ1) is 30.1. The molecule has 4 heteroatoms. The summed E-state index contributed by atoms with van der Waals surface area (Å²) in [5.41, 5.74) is 1.83. The van der Waals surface area contributed by atoms with Gasteiger partial charge in [-0.1, -0.05) is 127 Å². The van der Waals surface area contributed by atoms with Gasteiger partial charge < -0.3 is 4.57 Å². The lowest BCUT2D eigenvalue weighted by atomic mass is 10.0. The average Bonchev–Trinajstić information content (AvgIpc) is 3.84. The van der Waals surface area contributed by atoms with Crippen LogP contribution in [0.25, 0.3) is 88.5 Å². The van der Waals surface area contributed by atoms with Crippen molar-refractivity contribution in [1.29, 1.82) is 0 Å². The number of para-hydroxylation sites is 4. The first kappa shape index (κ1) is 15.9. The van der Waals surface area contributed by atoms with E-state index in [9.17, 15) is 6.85 Å². The third kappa shape index (κ3) is 3.96. The van der Waals surface area contributed by atoms with Gasteiger partial charge in [-0.15, -0.1) is 0 Å². The largest absolute Gasteiger partial charge is 0.309 e. The van der Waals surface area contributed by atoms with Crippen molar-refractivity contribution in [2.24, 2.45) is 0 Å². The molecule has 0 fully saturated rings. The molecule has 0 amide bonds. The van der Waals surface area contributed by atoms with Gasteiger partial charge in [-0.05, 0) is 53.4 Å². The van der Waals surface area contributed by atoms with Crippen LogP contribution in [0, 0.1) is 0 Å². The first-order valence-electron chi connectivity index (χ1n) is 22.5. The van der Waals surface area contributed by atoms with Crippen molar-refractivity contribution in [3.63, 3.8) is 0 Å². The summed E-state index contributed by atoms with van der Waals surface area (Å²) in [4.78, 5) is 9.92. The molecular formula is C44H28N4. The Labute approximate surface area is 297 Å². The Bertz CT molecular complexity index is 3650. The number of hydrogen-bond acceptors (Lipinski definition) is 2. The molecule has 0 aliphatic heterocycles. The summed E-state index contributed by atoms with van der Waals surface area (Å²) in [6.07, 6.45) is 0. The van der Waals surface area contributed by atoms with Crippen molar-refractivity contribution in [2.75, 3.05) is 0 Å². The molecule has 0 spiro atoms. The molecule has 48 heavy (non-hydrogen) atoms. The zero-order chi connectivity index (χ0) is 44.7. The highest BCUT2D eigenvalue weighted by molar-refractivity contribution is 6.28. The monoisotopic (exact) mass is 627 g/mol. The summed E-state index contributed by atoms with van der Waals surface area (Å²) in [5.74, 6) is -0.135. The first-order valence-corrected chi connectivity index (χ1v) is 15.0. The minimum atomic E-state index is -0.759. The summed E-state index contributed by atoms with van der Waals surface area (Å²) >= 11 is 0. The minimum absolute atomic E-state index is 0.125. The molecule has 0 atom stereocenters. The average molecular weight is 628 g/mol. The molecule has 0 aliphatic rings. The molecule has 0 unspecified atom stereocenters. The van der Waals surface area contributed by atoms with Gasteiger partial charge in [0.25, 0.3) is 0 Å². The van der Waals surface area contributed by atoms with E-state index >= 15 is 0 Å².